The highest BCUT2D eigenvalue weighted by atomic mass is 35.5. The van der Waals surface area contributed by atoms with Crippen LogP contribution >= 0.6 is 11.6 Å². The Bertz CT molecular complexity index is 1270. The van der Waals surface area contributed by atoms with E-state index in [1.54, 1.807) is 36.5 Å². The van der Waals surface area contributed by atoms with Crippen molar-refractivity contribution in [2.24, 2.45) is 0 Å². The van der Waals surface area contributed by atoms with E-state index in [1.165, 1.54) is 0 Å². The molecule has 3 aromatic rings. The van der Waals surface area contributed by atoms with Crippen molar-refractivity contribution < 1.29 is 9.53 Å². The summed E-state index contributed by atoms with van der Waals surface area (Å²) < 4.78 is 6.01. The Labute approximate surface area is 211 Å². The second-order valence-corrected chi connectivity index (χ2v) is 10.6. The molecule has 0 unspecified atom stereocenters. The Morgan fingerprint density at radius 1 is 1.09 bits per heavy atom. The lowest BCUT2D eigenvalue weighted by Gasteiger charge is -2.46. The van der Waals surface area contributed by atoms with Gasteiger partial charge in [0, 0.05) is 34.4 Å². The van der Waals surface area contributed by atoms with Crippen molar-refractivity contribution in [1.82, 2.24) is 15.6 Å². The molecular weight excluding hydrogens is 460 g/mol. The van der Waals surface area contributed by atoms with Crippen molar-refractivity contribution in [2.45, 2.75) is 57.7 Å². The molecule has 1 fully saturated rings. The van der Waals surface area contributed by atoms with Crippen LogP contribution in [0, 0.1) is 11.3 Å². The molecule has 35 heavy (non-hydrogen) atoms. The average Bonchev–Trinajstić information content (AvgIpc) is 2.78. The third kappa shape index (κ3) is 5.82. The summed E-state index contributed by atoms with van der Waals surface area (Å²) in [5.74, 6) is 0.558. The van der Waals surface area contributed by atoms with Crippen LogP contribution in [0.2, 0.25) is 5.02 Å². The number of amides is 1. The quantitative estimate of drug-likeness (QED) is 0.452. The molecule has 2 N–H and O–H groups in total. The van der Waals surface area contributed by atoms with Crippen molar-refractivity contribution >= 4 is 17.5 Å². The van der Waals surface area contributed by atoms with Crippen molar-refractivity contribution in [3.8, 4) is 28.8 Å². The standard InChI is InChI=1S/C28H29ClN4O2/c1-27(2)15-19(16-28(3,4)33-27)32-26(34)18-11-12-25(22(29)14-18)35-24-10-7-8-20(21(24)17-30)23-9-5-6-13-31-23/h5-14,19,33H,15-16H2,1-4H3,(H,32,34). The van der Waals surface area contributed by atoms with Gasteiger partial charge < -0.3 is 15.4 Å². The largest absolute Gasteiger partial charge is 0.454 e. The highest BCUT2D eigenvalue weighted by Gasteiger charge is 2.38. The topological polar surface area (TPSA) is 87.0 Å². The molecular formula is C28H29ClN4O2. The summed E-state index contributed by atoms with van der Waals surface area (Å²) in [6.45, 7) is 8.59. The molecule has 0 spiro atoms. The maximum Gasteiger partial charge on any atom is 0.251 e. The predicted molar refractivity (Wildman–Crippen MR) is 138 cm³/mol. The Morgan fingerprint density at radius 2 is 1.83 bits per heavy atom. The fourth-order valence-corrected chi connectivity index (χ4v) is 5.22. The third-order valence-electron chi connectivity index (χ3n) is 6.02. The fourth-order valence-electron chi connectivity index (χ4n) is 5.00. The van der Waals surface area contributed by atoms with Crippen LogP contribution in [-0.2, 0) is 0 Å². The number of rotatable bonds is 5. The minimum absolute atomic E-state index is 0.0518. The van der Waals surface area contributed by atoms with Gasteiger partial charge in [-0.25, -0.2) is 0 Å². The normalized spacial score (nSPS) is 16.8. The van der Waals surface area contributed by atoms with Gasteiger partial charge in [0.15, 0.2) is 0 Å². The van der Waals surface area contributed by atoms with Crippen molar-refractivity contribution in [2.75, 3.05) is 0 Å². The molecule has 0 atom stereocenters. The number of pyridine rings is 1. The van der Waals surface area contributed by atoms with Crippen LogP contribution < -0.4 is 15.4 Å². The van der Waals surface area contributed by atoms with E-state index < -0.39 is 0 Å². The van der Waals surface area contributed by atoms with E-state index in [2.05, 4.69) is 49.4 Å². The first kappa shape index (κ1) is 24.7. The first-order valence-corrected chi connectivity index (χ1v) is 12.0. The van der Waals surface area contributed by atoms with Crippen LogP contribution in [0.15, 0.2) is 60.8 Å². The van der Waals surface area contributed by atoms with Gasteiger partial charge in [0.25, 0.3) is 5.91 Å². The number of piperidine rings is 1. The van der Waals surface area contributed by atoms with Crippen molar-refractivity contribution in [3.05, 3.63) is 76.9 Å². The molecule has 1 amide bonds. The van der Waals surface area contributed by atoms with Crippen molar-refractivity contribution in [1.29, 1.82) is 5.26 Å². The molecule has 1 aromatic heterocycles. The Hall–Kier alpha value is -3.40. The van der Waals surface area contributed by atoms with E-state index in [9.17, 15) is 10.1 Å². The molecule has 6 nitrogen and oxygen atoms in total. The fraction of sp³-hybridized carbons (Fsp3) is 0.321. The zero-order valence-corrected chi connectivity index (χ0v) is 21.1. The predicted octanol–water partition coefficient (Wildman–Crippen LogP) is 6.10. The Balaban J connectivity index is 1.53. The monoisotopic (exact) mass is 488 g/mol. The first-order valence-electron chi connectivity index (χ1n) is 11.6. The lowest BCUT2D eigenvalue weighted by atomic mass is 9.79. The summed E-state index contributed by atoms with van der Waals surface area (Å²) in [6, 6.07) is 18.1. The number of carbonyl (C=O) groups excluding carboxylic acids is 1. The summed E-state index contributed by atoms with van der Waals surface area (Å²) in [5.41, 5.74) is 2.02. The van der Waals surface area contributed by atoms with Gasteiger partial charge in [-0.3, -0.25) is 9.78 Å². The van der Waals surface area contributed by atoms with Crippen LogP contribution in [0.4, 0.5) is 0 Å². The van der Waals surface area contributed by atoms with Crippen molar-refractivity contribution in [3.63, 3.8) is 0 Å². The van der Waals surface area contributed by atoms with Gasteiger partial charge in [0.1, 0.15) is 23.1 Å². The summed E-state index contributed by atoms with van der Waals surface area (Å²) in [4.78, 5) is 17.3. The molecule has 0 bridgehead atoms. The SMILES string of the molecule is CC1(C)CC(NC(=O)c2ccc(Oc3cccc(-c4ccccn4)c3C#N)c(Cl)c2)CC(C)(C)N1. The number of nitrogens with zero attached hydrogens (tertiary/aromatic N) is 2. The summed E-state index contributed by atoms with van der Waals surface area (Å²) in [7, 11) is 0. The smallest absolute Gasteiger partial charge is 0.251 e. The molecule has 1 saturated heterocycles. The summed E-state index contributed by atoms with van der Waals surface area (Å²) in [6.07, 6.45) is 3.34. The number of ether oxygens (including phenoxy) is 1. The Kier molecular flexibility index (Phi) is 6.84. The van der Waals surface area contributed by atoms with E-state index in [4.69, 9.17) is 16.3 Å². The Morgan fingerprint density at radius 3 is 2.46 bits per heavy atom. The maximum absolute atomic E-state index is 13.0. The van der Waals surface area contributed by atoms with E-state index in [0.29, 0.717) is 33.9 Å². The van der Waals surface area contributed by atoms with E-state index in [-0.39, 0.29) is 28.0 Å². The van der Waals surface area contributed by atoms with Crippen LogP contribution in [0.25, 0.3) is 11.3 Å². The average molecular weight is 489 g/mol. The van der Waals surface area contributed by atoms with E-state index in [0.717, 1.165) is 12.8 Å². The second-order valence-electron chi connectivity index (χ2n) is 10.2. The van der Waals surface area contributed by atoms with Gasteiger partial charge in [-0.15, -0.1) is 0 Å². The number of carbonyl (C=O) groups is 1. The number of halogens is 1. The zero-order chi connectivity index (χ0) is 25.2. The van der Waals surface area contributed by atoms with Crippen LogP contribution in [-0.4, -0.2) is 28.0 Å². The highest BCUT2D eigenvalue weighted by molar-refractivity contribution is 6.32. The molecule has 7 heteroatoms. The minimum atomic E-state index is -0.174. The lowest BCUT2D eigenvalue weighted by Crippen LogP contribution is -2.62. The number of benzene rings is 2. The third-order valence-corrected chi connectivity index (χ3v) is 6.31. The highest BCUT2D eigenvalue weighted by Crippen LogP contribution is 2.35. The first-order chi connectivity index (χ1) is 16.6. The van der Waals surface area contributed by atoms with Gasteiger partial charge in [0.2, 0.25) is 0 Å². The number of nitriles is 1. The van der Waals surface area contributed by atoms with E-state index >= 15 is 0 Å². The van der Waals surface area contributed by atoms with Gasteiger partial charge in [0.05, 0.1) is 10.7 Å². The molecule has 180 valence electrons. The molecule has 1 aliphatic heterocycles. The van der Waals surface area contributed by atoms with Crippen LogP contribution in [0.5, 0.6) is 11.5 Å². The van der Waals surface area contributed by atoms with Crippen LogP contribution in [0.3, 0.4) is 0 Å². The molecule has 0 aliphatic carbocycles. The zero-order valence-electron chi connectivity index (χ0n) is 20.4. The summed E-state index contributed by atoms with van der Waals surface area (Å²) in [5, 5.41) is 16.9. The molecule has 0 saturated carbocycles. The molecule has 0 radical (unpaired) electrons. The lowest BCUT2D eigenvalue weighted by molar-refractivity contribution is 0.0873. The van der Waals surface area contributed by atoms with Crippen LogP contribution in [0.1, 0.15) is 56.5 Å². The van der Waals surface area contributed by atoms with E-state index in [1.807, 2.05) is 24.3 Å². The van der Waals surface area contributed by atoms with Gasteiger partial charge in [-0.05, 0) is 76.9 Å². The number of hydrogen-bond donors (Lipinski definition) is 2. The molecule has 1 aliphatic rings. The summed E-state index contributed by atoms with van der Waals surface area (Å²) >= 11 is 6.50. The number of nitrogens with one attached hydrogen (secondary N) is 2. The second kappa shape index (κ2) is 9.69. The molecule has 2 heterocycles. The molecule has 2 aromatic carbocycles. The van der Waals surface area contributed by atoms with Gasteiger partial charge >= 0.3 is 0 Å². The number of aromatic nitrogens is 1. The van der Waals surface area contributed by atoms with Gasteiger partial charge in [-0.1, -0.05) is 29.8 Å². The van der Waals surface area contributed by atoms with Gasteiger partial charge in [-0.2, -0.15) is 5.26 Å². The maximum atomic E-state index is 13.0. The number of hydrogen-bond acceptors (Lipinski definition) is 5. The minimum Gasteiger partial charge on any atom is -0.454 e. The molecule has 4 rings (SSSR count).